The van der Waals surface area contributed by atoms with Gasteiger partial charge in [0.2, 0.25) is 12.0 Å². The van der Waals surface area contributed by atoms with Crippen molar-refractivity contribution in [1.82, 2.24) is 0 Å². The zero-order valence-electron chi connectivity index (χ0n) is 22.9. The van der Waals surface area contributed by atoms with E-state index in [1.54, 1.807) is 24.3 Å². The number of aromatic hydroxyl groups is 2. The van der Waals surface area contributed by atoms with Crippen molar-refractivity contribution >= 4 is 11.0 Å². The number of benzene rings is 2. The first-order chi connectivity index (χ1) is 20.4. The molecule has 0 aliphatic carbocycles. The Bertz CT molecular complexity index is 1490. The summed E-state index contributed by atoms with van der Waals surface area (Å²) in [5, 5.41) is 82.4. The van der Waals surface area contributed by atoms with Crippen molar-refractivity contribution in [2.75, 3.05) is 13.7 Å². The van der Waals surface area contributed by atoms with Crippen molar-refractivity contribution in [2.24, 2.45) is 0 Å². The van der Waals surface area contributed by atoms with Crippen molar-refractivity contribution in [3.8, 4) is 34.3 Å². The van der Waals surface area contributed by atoms with Crippen molar-refractivity contribution in [2.45, 2.75) is 68.3 Å². The molecular formula is C28H32O15. The van der Waals surface area contributed by atoms with Gasteiger partial charge in [-0.1, -0.05) is 0 Å². The van der Waals surface area contributed by atoms with E-state index in [2.05, 4.69) is 0 Å². The molecule has 1 aromatic heterocycles. The van der Waals surface area contributed by atoms with Crippen LogP contribution in [0.2, 0.25) is 0 Å². The molecule has 8 N–H and O–H groups in total. The largest absolute Gasteiger partial charge is 0.504 e. The van der Waals surface area contributed by atoms with E-state index < -0.39 is 90.7 Å². The van der Waals surface area contributed by atoms with Crippen LogP contribution in [0, 0.1) is 0 Å². The molecular weight excluding hydrogens is 576 g/mol. The van der Waals surface area contributed by atoms with Crippen LogP contribution >= 0.6 is 0 Å². The fraction of sp³-hybridized carbons (Fsp3) is 0.464. The van der Waals surface area contributed by atoms with Crippen LogP contribution in [0.4, 0.5) is 0 Å². The number of aliphatic hydroxyl groups excluding tert-OH is 6. The number of hydrogen-bond acceptors (Lipinski definition) is 15. The number of ether oxygens (including phenoxy) is 5. The van der Waals surface area contributed by atoms with Gasteiger partial charge < -0.3 is 69.0 Å². The van der Waals surface area contributed by atoms with Gasteiger partial charge in [-0.25, -0.2) is 0 Å². The molecule has 0 spiro atoms. The fourth-order valence-corrected chi connectivity index (χ4v) is 4.87. The molecule has 0 radical (unpaired) electrons. The summed E-state index contributed by atoms with van der Waals surface area (Å²) >= 11 is 0. The van der Waals surface area contributed by atoms with Gasteiger partial charge in [-0.15, -0.1) is 0 Å². The minimum atomic E-state index is -1.87. The molecule has 234 valence electrons. The maximum atomic E-state index is 12.8. The first-order valence-electron chi connectivity index (χ1n) is 13.3. The third-order valence-electron chi connectivity index (χ3n) is 7.45. The Morgan fingerprint density at radius 2 is 1.44 bits per heavy atom. The lowest BCUT2D eigenvalue weighted by Gasteiger charge is -2.42. The molecule has 10 atom stereocenters. The zero-order valence-corrected chi connectivity index (χ0v) is 22.9. The lowest BCUT2D eigenvalue weighted by atomic mass is 9.98. The third-order valence-corrected chi connectivity index (χ3v) is 7.45. The topological polar surface area (TPSA) is 238 Å². The van der Waals surface area contributed by atoms with Gasteiger partial charge in [0.25, 0.3) is 0 Å². The lowest BCUT2D eigenvalue weighted by Crippen LogP contribution is -2.61. The maximum absolute atomic E-state index is 12.8. The number of hydrogen-bond donors (Lipinski definition) is 8. The molecule has 43 heavy (non-hydrogen) atoms. The van der Waals surface area contributed by atoms with E-state index in [4.69, 9.17) is 28.1 Å². The van der Waals surface area contributed by atoms with E-state index >= 15 is 0 Å². The molecule has 15 heteroatoms. The summed E-state index contributed by atoms with van der Waals surface area (Å²) < 4.78 is 32.9. The van der Waals surface area contributed by atoms with Crippen LogP contribution in [0.1, 0.15) is 6.92 Å². The highest BCUT2D eigenvalue weighted by atomic mass is 16.7. The molecule has 2 aliphatic rings. The minimum Gasteiger partial charge on any atom is -0.504 e. The van der Waals surface area contributed by atoms with E-state index in [9.17, 15) is 45.6 Å². The summed E-state index contributed by atoms with van der Waals surface area (Å²) in [7, 11) is 1.50. The number of rotatable bonds is 7. The number of fused-ring (bicyclic) bond motifs is 1. The van der Waals surface area contributed by atoms with Gasteiger partial charge in [0.05, 0.1) is 19.8 Å². The predicted octanol–water partition coefficient (Wildman–Crippen LogP) is -1.09. The second kappa shape index (κ2) is 12.2. The third kappa shape index (κ3) is 5.86. The monoisotopic (exact) mass is 608 g/mol. The Labute approximate surface area is 243 Å². The van der Waals surface area contributed by atoms with Gasteiger partial charge >= 0.3 is 0 Å². The van der Waals surface area contributed by atoms with E-state index in [-0.39, 0.29) is 16.7 Å². The van der Waals surface area contributed by atoms with E-state index in [1.807, 2.05) is 0 Å². The number of phenols is 2. The average Bonchev–Trinajstić information content (AvgIpc) is 3.00. The molecule has 0 saturated carbocycles. The maximum Gasteiger partial charge on any atom is 0.229 e. The van der Waals surface area contributed by atoms with Crippen molar-refractivity contribution in [1.29, 1.82) is 0 Å². The Hall–Kier alpha value is -3.51. The SMILES string of the molecule is COc1ccc(-c2cc(=O)c3c(O)c(O)c(O[C@@H]4O[C@H](CO[C@@H]5O[C@@H](C)[C@H](O)[C@@H](O)[C@@H]5O)[C@@H](O)[C@H](O)[C@H]4O)cc3o2)cc1. The van der Waals surface area contributed by atoms with Gasteiger partial charge in [0, 0.05) is 17.7 Å². The molecule has 3 heterocycles. The van der Waals surface area contributed by atoms with Crippen LogP contribution < -0.4 is 14.9 Å². The van der Waals surface area contributed by atoms with Crippen LogP contribution in [0.15, 0.2) is 45.6 Å². The summed E-state index contributed by atoms with van der Waals surface area (Å²) in [5.74, 6) is -1.56. The summed E-state index contributed by atoms with van der Waals surface area (Å²) in [4.78, 5) is 12.8. The molecule has 2 fully saturated rings. The van der Waals surface area contributed by atoms with Crippen LogP contribution in [0.3, 0.4) is 0 Å². The van der Waals surface area contributed by atoms with Gasteiger partial charge in [-0.05, 0) is 31.2 Å². The zero-order chi connectivity index (χ0) is 31.2. The molecule has 2 aliphatic heterocycles. The fourth-order valence-electron chi connectivity index (χ4n) is 4.87. The van der Waals surface area contributed by atoms with Crippen molar-refractivity contribution < 1.29 is 69.0 Å². The molecule has 15 nitrogen and oxygen atoms in total. The first kappa shape index (κ1) is 30.9. The second-order valence-corrected chi connectivity index (χ2v) is 10.3. The molecule has 2 saturated heterocycles. The molecule has 0 amide bonds. The molecule has 0 bridgehead atoms. The van der Waals surface area contributed by atoms with E-state index in [1.165, 1.54) is 14.0 Å². The van der Waals surface area contributed by atoms with Gasteiger partial charge in [0.1, 0.15) is 65.2 Å². The summed E-state index contributed by atoms with van der Waals surface area (Å²) in [6.07, 6.45) is -15.5. The smallest absolute Gasteiger partial charge is 0.229 e. The minimum absolute atomic E-state index is 0.125. The number of methoxy groups -OCH3 is 1. The van der Waals surface area contributed by atoms with Gasteiger partial charge in [-0.2, -0.15) is 0 Å². The number of phenolic OH excluding ortho intramolecular Hbond substituents is 2. The normalized spacial score (nSPS) is 32.9. The predicted molar refractivity (Wildman–Crippen MR) is 143 cm³/mol. The summed E-state index contributed by atoms with van der Waals surface area (Å²) in [5.41, 5.74) is -0.354. The molecule has 5 rings (SSSR count). The summed E-state index contributed by atoms with van der Waals surface area (Å²) in [6.45, 7) is 0.899. The van der Waals surface area contributed by atoms with Crippen LogP contribution in [0.25, 0.3) is 22.3 Å². The standard InChI is InChI=1S/C28H32O15/c1-10-19(30)23(34)25(36)27(40-10)39-9-17-21(32)24(35)26(37)28(43-17)42-16-8-15-18(22(33)20(16)31)13(29)7-14(41-15)11-3-5-12(38-2)6-4-11/h3-8,10,17,19,21,23-28,30-37H,9H2,1-2H3/t10-,17+,19-,21+,23+,24-,25-,26+,27+,28+/m0/s1. The Kier molecular flexibility index (Phi) is 8.80. The highest BCUT2D eigenvalue weighted by Crippen LogP contribution is 2.42. The molecule has 0 unspecified atom stereocenters. The Balaban J connectivity index is 1.38. The van der Waals surface area contributed by atoms with Crippen molar-refractivity contribution in [3.63, 3.8) is 0 Å². The van der Waals surface area contributed by atoms with Crippen LogP contribution in [0.5, 0.6) is 23.0 Å². The Morgan fingerprint density at radius 1 is 0.791 bits per heavy atom. The van der Waals surface area contributed by atoms with Gasteiger partial charge in [-0.3, -0.25) is 4.79 Å². The highest BCUT2D eigenvalue weighted by Gasteiger charge is 2.47. The first-order valence-corrected chi connectivity index (χ1v) is 13.3. The summed E-state index contributed by atoms with van der Waals surface area (Å²) in [6, 6.07) is 8.80. The van der Waals surface area contributed by atoms with Crippen LogP contribution in [-0.2, 0) is 14.2 Å². The van der Waals surface area contributed by atoms with E-state index in [0.717, 1.165) is 12.1 Å². The van der Waals surface area contributed by atoms with Crippen LogP contribution in [-0.4, -0.2) is 116 Å². The Morgan fingerprint density at radius 3 is 2.12 bits per heavy atom. The lowest BCUT2D eigenvalue weighted by molar-refractivity contribution is -0.318. The van der Waals surface area contributed by atoms with Crippen molar-refractivity contribution in [3.05, 3.63) is 46.6 Å². The highest BCUT2D eigenvalue weighted by molar-refractivity contribution is 5.89. The van der Waals surface area contributed by atoms with E-state index in [0.29, 0.717) is 11.3 Å². The molecule has 2 aromatic carbocycles. The quantitative estimate of drug-likeness (QED) is 0.149. The second-order valence-electron chi connectivity index (χ2n) is 10.3. The average molecular weight is 609 g/mol. The number of aliphatic hydroxyl groups is 6. The van der Waals surface area contributed by atoms with Gasteiger partial charge in [0.15, 0.2) is 23.2 Å². The molecule has 3 aromatic rings.